The Bertz CT molecular complexity index is 616. The largest absolute Gasteiger partial charge is 0.458 e. The summed E-state index contributed by atoms with van der Waals surface area (Å²) in [5.41, 5.74) is 1.14. The van der Waals surface area contributed by atoms with E-state index < -0.39 is 0 Å². The first kappa shape index (κ1) is 16.8. The highest BCUT2D eigenvalue weighted by Gasteiger charge is 2.21. The van der Waals surface area contributed by atoms with E-state index in [-0.39, 0.29) is 12.1 Å². The Balaban J connectivity index is 2.12. The van der Waals surface area contributed by atoms with Gasteiger partial charge in [-0.25, -0.2) is 14.8 Å². The molecule has 2 aromatic rings. The Kier molecular flexibility index (Phi) is 6.26. The normalized spacial score (nSPS) is 12.1. The zero-order valence-corrected chi connectivity index (χ0v) is 14.4. The standard InChI is InChI=1S/C14H18N4O2S2/c1-4-5-6-9(2)20-13(19)12-11(17-18-22-12)10-7-15-14(21-3)16-8-10/h7-9H,4-6H2,1-3H3. The lowest BCUT2D eigenvalue weighted by Gasteiger charge is -2.12. The second-order valence-corrected chi connectivity index (χ2v) is 6.29. The highest BCUT2D eigenvalue weighted by atomic mass is 32.2. The Hall–Kier alpha value is -1.54. The monoisotopic (exact) mass is 338 g/mol. The van der Waals surface area contributed by atoms with Gasteiger partial charge in [0.25, 0.3) is 0 Å². The highest BCUT2D eigenvalue weighted by molar-refractivity contribution is 7.98. The van der Waals surface area contributed by atoms with Crippen LogP contribution in [0.5, 0.6) is 0 Å². The Morgan fingerprint density at radius 3 is 2.77 bits per heavy atom. The summed E-state index contributed by atoms with van der Waals surface area (Å²) in [6, 6.07) is 0. The molecular formula is C14H18N4O2S2. The van der Waals surface area contributed by atoms with Crippen LogP contribution < -0.4 is 0 Å². The van der Waals surface area contributed by atoms with Crippen molar-refractivity contribution in [1.29, 1.82) is 0 Å². The van der Waals surface area contributed by atoms with E-state index in [1.807, 2.05) is 13.2 Å². The molecule has 0 aliphatic heterocycles. The molecule has 0 bridgehead atoms. The molecule has 0 aromatic carbocycles. The van der Waals surface area contributed by atoms with Gasteiger partial charge in [-0.3, -0.25) is 0 Å². The van der Waals surface area contributed by atoms with Crippen LogP contribution in [0.1, 0.15) is 42.8 Å². The van der Waals surface area contributed by atoms with Gasteiger partial charge in [0.05, 0.1) is 6.10 Å². The number of thioether (sulfide) groups is 1. The van der Waals surface area contributed by atoms with Crippen molar-refractivity contribution in [3.63, 3.8) is 0 Å². The number of esters is 1. The zero-order chi connectivity index (χ0) is 15.9. The summed E-state index contributed by atoms with van der Waals surface area (Å²) in [6.45, 7) is 4.01. The molecule has 0 fully saturated rings. The van der Waals surface area contributed by atoms with E-state index in [9.17, 15) is 4.79 Å². The van der Waals surface area contributed by atoms with Crippen LogP contribution in [0, 0.1) is 0 Å². The van der Waals surface area contributed by atoms with E-state index in [2.05, 4.69) is 26.5 Å². The van der Waals surface area contributed by atoms with Crippen LogP contribution in [0.4, 0.5) is 0 Å². The lowest BCUT2D eigenvalue weighted by atomic mass is 10.2. The maximum absolute atomic E-state index is 12.3. The van der Waals surface area contributed by atoms with Gasteiger partial charge < -0.3 is 4.74 Å². The third kappa shape index (κ3) is 4.23. The van der Waals surface area contributed by atoms with Gasteiger partial charge in [0, 0.05) is 18.0 Å². The van der Waals surface area contributed by atoms with Crippen molar-refractivity contribution in [2.45, 2.75) is 44.4 Å². The Morgan fingerprint density at radius 1 is 1.41 bits per heavy atom. The summed E-state index contributed by atoms with van der Waals surface area (Å²) in [5, 5.41) is 4.68. The molecule has 0 aliphatic rings. The summed E-state index contributed by atoms with van der Waals surface area (Å²) in [6.07, 6.45) is 8.05. The van der Waals surface area contributed by atoms with Gasteiger partial charge in [0.15, 0.2) is 10.0 Å². The number of nitrogens with zero attached hydrogens (tertiary/aromatic N) is 4. The third-order valence-electron chi connectivity index (χ3n) is 3.03. The first-order valence-corrected chi connectivity index (χ1v) is 9.05. The van der Waals surface area contributed by atoms with E-state index >= 15 is 0 Å². The average Bonchev–Trinajstić information content (AvgIpc) is 3.02. The fourth-order valence-corrected chi connectivity index (χ4v) is 2.73. The van der Waals surface area contributed by atoms with Crippen LogP contribution in [0.25, 0.3) is 11.3 Å². The molecule has 2 heterocycles. The summed E-state index contributed by atoms with van der Waals surface area (Å²) >= 11 is 2.49. The van der Waals surface area contributed by atoms with Crippen molar-refractivity contribution in [2.24, 2.45) is 0 Å². The summed E-state index contributed by atoms with van der Waals surface area (Å²) < 4.78 is 9.31. The highest BCUT2D eigenvalue weighted by Crippen LogP contribution is 2.25. The van der Waals surface area contributed by atoms with Gasteiger partial charge >= 0.3 is 5.97 Å². The smallest absolute Gasteiger partial charge is 0.352 e. The number of ether oxygens (including phenoxy) is 1. The molecule has 0 radical (unpaired) electrons. The molecule has 0 amide bonds. The molecule has 22 heavy (non-hydrogen) atoms. The van der Waals surface area contributed by atoms with Crippen LogP contribution in [0.3, 0.4) is 0 Å². The van der Waals surface area contributed by atoms with E-state index in [0.717, 1.165) is 30.8 Å². The number of hydrogen-bond donors (Lipinski definition) is 0. The lowest BCUT2D eigenvalue weighted by molar-refractivity contribution is 0.0327. The summed E-state index contributed by atoms with van der Waals surface area (Å²) in [4.78, 5) is 21.0. The third-order valence-corrected chi connectivity index (χ3v) is 4.31. The minimum Gasteiger partial charge on any atom is -0.458 e. The first-order chi connectivity index (χ1) is 10.7. The SMILES string of the molecule is CCCCC(C)OC(=O)c1snnc1-c1cnc(SC)nc1. The van der Waals surface area contributed by atoms with Gasteiger partial charge in [-0.2, -0.15) is 0 Å². The molecule has 118 valence electrons. The number of carbonyl (C=O) groups excluding carboxylic acids is 1. The predicted molar refractivity (Wildman–Crippen MR) is 87.1 cm³/mol. The molecule has 1 atom stereocenters. The van der Waals surface area contributed by atoms with Crippen LogP contribution in [0.15, 0.2) is 17.6 Å². The molecule has 2 aromatic heterocycles. The molecule has 0 N–H and O–H groups in total. The second kappa shape index (κ2) is 8.19. The molecule has 1 unspecified atom stereocenters. The first-order valence-electron chi connectivity index (χ1n) is 7.05. The van der Waals surface area contributed by atoms with Gasteiger partial charge in [-0.1, -0.05) is 36.0 Å². The molecule has 0 aliphatic carbocycles. The predicted octanol–water partition coefficient (Wildman–Crippen LogP) is 3.45. The van der Waals surface area contributed by atoms with Crippen molar-refractivity contribution >= 4 is 29.3 Å². The average molecular weight is 338 g/mol. The number of unbranched alkanes of at least 4 members (excludes halogenated alkanes) is 1. The van der Waals surface area contributed by atoms with Crippen LogP contribution in [-0.2, 0) is 4.74 Å². The van der Waals surface area contributed by atoms with E-state index in [0.29, 0.717) is 21.3 Å². The summed E-state index contributed by atoms with van der Waals surface area (Å²) in [7, 11) is 0. The topological polar surface area (TPSA) is 77.9 Å². The second-order valence-electron chi connectivity index (χ2n) is 4.77. The van der Waals surface area contributed by atoms with E-state index in [4.69, 9.17) is 4.74 Å². The van der Waals surface area contributed by atoms with Gasteiger partial charge in [-0.05, 0) is 31.1 Å². The van der Waals surface area contributed by atoms with Crippen molar-refractivity contribution in [3.8, 4) is 11.3 Å². The fourth-order valence-electron chi connectivity index (χ4n) is 1.84. The van der Waals surface area contributed by atoms with Crippen molar-refractivity contribution in [1.82, 2.24) is 19.6 Å². The van der Waals surface area contributed by atoms with Crippen molar-refractivity contribution in [2.75, 3.05) is 6.26 Å². The zero-order valence-electron chi connectivity index (χ0n) is 12.8. The minimum absolute atomic E-state index is 0.113. The minimum atomic E-state index is -0.387. The Labute approximate surface area is 137 Å². The van der Waals surface area contributed by atoms with E-state index in [1.54, 1.807) is 12.4 Å². The Morgan fingerprint density at radius 2 is 2.14 bits per heavy atom. The molecule has 0 saturated carbocycles. The van der Waals surface area contributed by atoms with Crippen LogP contribution in [-0.4, -0.2) is 37.9 Å². The maximum atomic E-state index is 12.3. The van der Waals surface area contributed by atoms with Crippen molar-refractivity contribution in [3.05, 3.63) is 17.3 Å². The quantitative estimate of drug-likeness (QED) is 0.434. The van der Waals surface area contributed by atoms with Gasteiger partial charge in [0.1, 0.15) is 5.69 Å². The number of rotatable bonds is 7. The summed E-state index contributed by atoms with van der Waals surface area (Å²) in [5.74, 6) is -0.387. The van der Waals surface area contributed by atoms with Gasteiger partial charge in [0.2, 0.25) is 0 Å². The molecule has 6 nitrogen and oxygen atoms in total. The molecule has 2 rings (SSSR count). The lowest BCUT2D eigenvalue weighted by Crippen LogP contribution is -2.14. The number of hydrogen-bond acceptors (Lipinski definition) is 8. The fraction of sp³-hybridized carbons (Fsp3) is 0.500. The molecule has 0 saturated heterocycles. The van der Waals surface area contributed by atoms with Crippen LogP contribution in [0.2, 0.25) is 0 Å². The van der Waals surface area contributed by atoms with Crippen molar-refractivity contribution < 1.29 is 9.53 Å². The molecule has 0 spiro atoms. The molecule has 8 heteroatoms. The van der Waals surface area contributed by atoms with E-state index in [1.165, 1.54) is 11.8 Å². The molecular weight excluding hydrogens is 320 g/mol. The van der Waals surface area contributed by atoms with Crippen LogP contribution >= 0.6 is 23.3 Å². The maximum Gasteiger partial charge on any atom is 0.352 e. The number of carbonyl (C=O) groups is 1. The van der Waals surface area contributed by atoms with Gasteiger partial charge in [-0.15, -0.1) is 5.10 Å². The number of aromatic nitrogens is 4.